The van der Waals surface area contributed by atoms with Gasteiger partial charge >= 0.3 is 0 Å². The summed E-state index contributed by atoms with van der Waals surface area (Å²) < 4.78 is 11.7. The molecule has 3 unspecified atom stereocenters. The van der Waals surface area contributed by atoms with Gasteiger partial charge in [0.15, 0.2) is 11.5 Å². The molecule has 0 amide bonds. The lowest BCUT2D eigenvalue weighted by Crippen LogP contribution is -2.34. The topological polar surface area (TPSA) is 30.5 Å². The highest BCUT2D eigenvalue weighted by Gasteiger charge is 2.33. The highest BCUT2D eigenvalue weighted by Crippen LogP contribution is 2.48. The number of hydrogen-bond donors (Lipinski definition) is 1. The van der Waals surface area contributed by atoms with Crippen LogP contribution >= 0.6 is 11.8 Å². The molecule has 3 rings (SSSR count). The monoisotopic (exact) mass is 293 g/mol. The Kier molecular flexibility index (Phi) is 4.13. The second-order valence-electron chi connectivity index (χ2n) is 5.60. The van der Waals surface area contributed by atoms with Gasteiger partial charge in [-0.3, -0.25) is 0 Å². The average Bonchev–Trinajstić information content (AvgIpc) is 2.67. The van der Waals surface area contributed by atoms with Crippen molar-refractivity contribution in [3.63, 3.8) is 0 Å². The number of hydrogen-bond acceptors (Lipinski definition) is 4. The Labute approximate surface area is 125 Å². The normalized spacial score (nSPS) is 28.6. The minimum atomic E-state index is 0.406. The molecule has 20 heavy (non-hydrogen) atoms. The lowest BCUT2D eigenvalue weighted by atomic mass is 9.91. The quantitative estimate of drug-likeness (QED) is 0.902. The van der Waals surface area contributed by atoms with Crippen molar-refractivity contribution >= 4 is 11.8 Å². The molecule has 1 N–H and O–H groups in total. The molecule has 110 valence electrons. The molecule has 0 saturated carbocycles. The van der Waals surface area contributed by atoms with Crippen molar-refractivity contribution in [3.05, 3.63) is 17.7 Å². The van der Waals surface area contributed by atoms with E-state index in [1.807, 2.05) is 11.8 Å². The van der Waals surface area contributed by atoms with Crippen LogP contribution in [0.3, 0.4) is 0 Å². The predicted octanol–water partition coefficient (Wildman–Crippen LogP) is 3.63. The van der Waals surface area contributed by atoms with Gasteiger partial charge in [0.05, 0.1) is 13.2 Å². The van der Waals surface area contributed by atoms with Crippen LogP contribution in [0.15, 0.2) is 17.0 Å². The van der Waals surface area contributed by atoms with Gasteiger partial charge in [-0.1, -0.05) is 20.8 Å². The molecule has 0 fully saturated rings. The van der Waals surface area contributed by atoms with Crippen LogP contribution in [0.1, 0.15) is 38.8 Å². The first-order valence-corrected chi connectivity index (χ1v) is 8.42. The molecule has 0 radical (unpaired) electrons. The van der Waals surface area contributed by atoms with Crippen LogP contribution in [-0.2, 0) is 0 Å². The fourth-order valence-corrected chi connectivity index (χ4v) is 4.20. The van der Waals surface area contributed by atoms with Crippen molar-refractivity contribution in [1.29, 1.82) is 0 Å². The van der Waals surface area contributed by atoms with E-state index in [1.54, 1.807) is 0 Å². The number of benzene rings is 1. The first kappa shape index (κ1) is 14.1. The van der Waals surface area contributed by atoms with Gasteiger partial charge in [-0.15, -0.1) is 11.8 Å². The van der Waals surface area contributed by atoms with E-state index in [1.165, 1.54) is 10.5 Å². The Morgan fingerprint density at radius 1 is 1.20 bits per heavy atom. The zero-order valence-electron chi connectivity index (χ0n) is 12.4. The Bertz CT molecular complexity index is 492. The van der Waals surface area contributed by atoms with Crippen LogP contribution in [0.25, 0.3) is 0 Å². The molecule has 2 aliphatic rings. The molecular formula is C16H23NO2S. The largest absolute Gasteiger partial charge is 0.490 e. The van der Waals surface area contributed by atoms with Gasteiger partial charge in [0.25, 0.3) is 0 Å². The van der Waals surface area contributed by atoms with Crippen molar-refractivity contribution in [1.82, 2.24) is 5.32 Å². The highest BCUT2D eigenvalue weighted by molar-refractivity contribution is 8.00. The molecule has 0 saturated heterocycles. The van der Waals surface area contributed by atoms with Crippen LogP contribution in [0.2, 0.25) is 0 Å². The van der Waals surface area contributed by atoms with Gasteiger partial charge in [0.1, 0.15) is 0 Å². The Morgan fingerprint density at radius 2 is 1.90 bits per heavy atom. The Hall–Kier alpha value is -0.870. The van der Waals surface area contributed by atoms with E-state index >= 15 is 0 Å². The minimum Gasteiger partial charge on any atom is -0.490 e. The summed E-state index contributed by atoms with van der Waals surface area (Å²) in [6, 6.07) is 4.77. The summed E-state index contributed by atoms with van der Waals surface area (Å²) in [7, 11) is 0. The van der Waals surface area contributed by atoms with E-state index in [9.17, 15) is 0 Å². The van der Waals surface area contributed by atoms with Crippen molar-refractivity contribution in [2.24, 2.45) is 5.92 Å². The second kappa shape index (κ2) is 5.86. The maximum atomic E-state index is 5.84. The molecule has 0 aromatic heterocycles. The van der Waals surface area contributed by atoms with Crippen molar-refractivity contribution in [2.75, 3.05) is 19.8 Å². The van der Waals surface area contributed by atoms with Crippen LogP contribution in [0.4, 0.5) is 0 Å². The number of fused-ring (bicyclic) bond motifs is 2. The SMILES string of the molecule is CCNC1c2cc3c(cc2SC(C)C1C)OCCCO3. The van der Waals surface area contributed by atoms with E-state index in [0.29, 0.717) is 17.2 Å². The average molecular weight is 293 g/mol. The van der Waals surface area contributed by atoms with Gasteiger partial charge in [0, 0.05) is 22.6 Å². The van der Waals surface area contributed by atoms with E-state index in [4.69, 9.17) is 9.47 Å². The molecule has 0 aliphatic carbocycles. The summed E-state index contributed by atoms with van der Waals surface area (Å²) in [4.78, 5) is 1.34. The maximum Gasteiger partial charge on any atom is 0.162 e. The van der Waals surface area contributed by atoms with Gasteiger partial charge < -0.3 is 14.8 Å². The zero-order valence-corrected chi connectivity index (χ0v) is 13.3. The lowest BCUT2D eigenvalue weighted by molar-refractivity contribution is 0.296. The standard InChI is InChI=1S/C16H23NO2S/c1-4-17-16-10(2)11(3)20-15-9-14-13(8-12(15)16)18-6-5-7-19-14/h8-11,16-17H,4-7H2,1-3H3. The predicted molar refractivity (Wildman–Crippen MR) is 82.9 cm³/mol. The maximum absolute atomic E-state index is 5.84. The molecule has 3 atom stereocenters. The molecule has 1 aromatic rings. The number of nitrogens with one attached hydrogen (secondary N) is 1. The Balaban J connectivity index is 2.02. The summed E-state index contributed by atoms with van der Waals surface area (Å²) in [5, 5.41) is 4.24. The summed E-state index contributed by atoms with van der Waals surface area (Å²) >= 11 is 1.95. The lowest BCUT2D eigenvalue weighted by Gasteiger charge is -2.36. The summed E-state index contributed by atoms with van der Waals surface area (Å²) in [5.74, 6) is 2.43. The molecule has 1 aromatic carbocycles. The van der Waals surface area contributed by atoms with Crippen molar-refractivity contribution in [3.8, 4) is 11.5 Å². The summed E-state index contributed by atoms with van der Waals surface area (Å²) in [5.41, 5.74) is 1.37. The third-order valence-electron chi connectivity index (χ3n) is 4.22. The van der Waals surface area contributed by atoms with Gasteiger partial charge in [-0.2, -0.15) is 0 Å². The summed E-state index contributed by atoms with van der Waals surface area (Å²) in [6.07, 6.45) is 0.954. The number of rotatable bonds is 2. The van der Waals surface area contributed by atoms with Gasteiger partial charge in [-0.05, 0) is 30.2 Å². The zero-order chi connectivity index (χ0) is 14.1. The van der Waals surface area contributed by atoms with E-state index < -0.39 is 0 Å². The highest BCUT2D eigenvalue weighted by atomic mass is 32.2. The third kappa shape index (κ3) is 2.51. The fraction of sp³-hybridized carbons (Fsp3) is 0.625. The minimum absolute atomic E-state index is 0.406. The number of ether oxygens (including phenoxy) is 2. The van der Waals surface area contributed by atoms with E-state index in [2.05, 4.69) is 38.2 Å². The second-order valence-corrected chi connectivity index (χ2v) is 7.02. The fourth-order valence-electron chi connectivity index (χ4n) is 2.93. The van der Waals surface area contributed by atoms with Crippen molar-refractivity contribution < 1.29 is 9.47 Å². The molecule has 3 nitrogen and oxygen atoms in total. The van der Waals surface area contributed by atoms with Crippen LogP contribution < -0.4 is 14.8 Å². The van der Waals surface area contributed by atoms with Crippen LogP contribution in [-0.4, -0.2) is 25.0 Å². The smallest absolute Gasteiger partial charge is 0.162 e. The first-order valence-electron chi connectivity index (χ1n) is 7.54. The van der Waals surface area contributed by atoms with Crippen molar-refractivity contribution in [2.45, 2.75) is 43.4 Å². The molecule has 0 spiro atoms. The molecule has 4 heteroatoms. The Morgan fingerprint density at radius 3 is 2.60 bits per heavy atom. The third-order valence-corrected chi connectivity index (χ3v) is 5.63. The van der Waals surface area contributed by atoms with Crippen LogP contribution in [0, 0.1) is 5.92 Å². The first-order chi connectivity index (χ1) is 9.70. The molecular weight excluding hydrogens is 270 g/mol. The van der Waals surface area contributed by atoms with Crippen LogP contribution in [0.5, 0.6) is 11.5 Å². The van der Waals surface area contributed by atoms with E-state index in [0.717, 1.165) is 37.7 Å². The number of thioether (sulfide) groups is 1. The van der Waals surface area contributed by atoms with Gasteiger partial charge in [0.2, 0.25) is 0 Å². The summed E-state index contributed by atoms with van der Waals surface area (Å²) in [6.45, 7) is 9.29. The molecule has 0 bridgehead atoms. The van der Waals surface area contributed by atoms with Gasteiger partial charge in [-0.25, -0.2) is 0 Å². The molecule has 2 aliphatic heterocycles. The van der Waals surface area contributed by atoms with E-state index in [-0.39, 0.29) is 0 Å². The molecule has 2 heterocycles.